The molecule has 0 aromatic carbocycles. The molecule has 1 aromatic heterocycles. The summed E-state index contributed by atoms with van der Waals surface area (Å²) in [5.41, 5.74) is 0.220. The number of carboxylic acid groups (broad SMARTS) is 1. The van der Waals surface area contributed by atoms with Crippen LogP contribution in [0, 0.1) is 0 Å². The number of methoxy groups -OCH3 is 1. The Bertz CT molecular complexity index is 478. The van der Waals surface area contributed by atoms with Gasteiger partial charge in [-0.05, 0) is 31.9 Å². The maximum absolute atomic E-state index is 11.8. The van der Waals surface area contributed by atoms with Gasteiger partial charge in [-0.25, -0.2) is 14.6 Å². The molecule has 1 rings (SSSR count). The molecule has 0 spiro atoms. The van der Waals surface area contributed by atoms with Crippen LogP contribution in [0.5, 0.6) is 0 Å². The van der Waals surface area contributed by atoms with Crippen molar-refractivity contribution >= 4 is 17.8 Å². The normalized spacial score (nSPS) is 11.7. The number of hydrogen-bond acceptors (Lipinski definition) is 6. The summed E-state index contributed by atoms with van der Waals surface area (Å²) in [7, 11) is 1.56. The molecule has 0 amide bonds. The van der Waals surface area contributed by atoms with Gasteiger partial charge in [0.1, 0.15) is 17.4 Å². The summed E-state index contributed by atoms with van der Waals surface area (Å²) in [6.07, 6.45) is 2.43. The molecule has 0 aliphatic rings. The van der Waals surface area contributed by atoms with E-state index in [2.05, 4.69) is 10.3 Å². The number of nitrogens with one attached hydrogen (secondary N) is 1. The van der Waals surface area contributed by atoms with Crippen LogP contribution in [0.15, 0.2) is 18.3 Å². The fraction of sp³-hybridized carbons (Fsp3) is 0.500. The summed E-state index contributed by atoms with van der Waals surface area (Å²) in [5.74, 6) is -1.33. The molecule has 21 heavy (non-hydrogen) atoms. The van der Waals surface area contributed by atoms with E-state index in [1.807, 2.05) is 0 Å². The largest absolute Gasteiger partial charge is 0.480 e. The van der Waals surface area contributed by atoms with E-state index in [0.717, 1.165) is 0 Å². The fourth-order valence-corrected chi connectivity index (χ4v) is 1.75. The van der Waals surface area contributed by atoms with Crippen LogP contribution in [0.4, 0.5) is 5.82 Å². The fourth-order valence-electron chi connectivity index (χ4n) is 1.75. The molecule has 0 bridgehead atoms. The van der Waals surface area contributed by atoms with Crippen molar-refractivity contribution in [2.24, 2.45) is 0 Å². The highest BCUT2D eigenvalue weighted by Crippen LogP contribution is 2.15. The minimum absolute atomic E-state index is 0.209. The molecular weight excluding hydrogens is 276 g/mol. The third kappa shape index (κ3) is 5.39. The van der Waals surface area contributed by atoms with Gasteiger partial charge in [-0.15, -0.1) is 0 Å². The first kappa shape index (κ1) is 16.9. The molecule has 1 unspecified atom stereocenters. The van der Waals surface area contributed by atoms with Crippen molar-refractivity contribution in [3.05, 3.63) is 23.9 Å². The highest BCUT2D eigenvalue weighted by Gasteiger charge is 2.21. The van der Waals surface area contributed by atoms with Crippen molar-refractivity contribution in [1.82, 2.24) is 4.98 Å². The molecular formula is C14H20N2O5. The number of hydrogen-bond donors (Lipinski definition) is 2. The van der Waals surface area contributed by atoms with Gasteiger partial charge in [-0.1, -0.05) is 0 Å². The molecule has 116 valence electrons. The van der Waals surface area contributed by atoms with E-state index in [0.29, 0.717) is 19.4 Å². The molecule has 1 heterocycles. The van der Waals surface area contributed by atoms with E-state index >= 15 is 0 Å². The lowest BCUT2D eigenvalue weighted by Crippen LogP contribution is -2.31. The van der Waals surface area contributed by atoms with Crippen molar-refractivity contribution in [3.63, 3.8) is 0 Å². The second kappa shape index (κ2) is 8.91. The molecule has 0 saturated heterocycles. The Morgan fingerprint density at radius 1 is 1.48 bits per heavy atom. The molecule has 0 radical (unpaired) electrons. The molecule has 0 saturated carbocycles. The molecule has 0 fully saturated rings. The standard InChI is InChI=1S/C14H20N2O5/c1-3-21-14(19)10-6-4-8-15-12(10)16-11(13(17)18)7-5-9-20-2/h4,6,8,11H,3,5,7,9H2,1-2H3,(H,15,16)(H,17,18). The van der Waals surface area contributed by atoms with Crippen molar-refractivity contribution in [2.45, 2.75) is 25.8 Å². The molecule has 1 aromatic rings. The number of esters is 1. The van der Waals surface area contributed by atoms with E-state index in [9.17, 15) is 14.7 Å². The van der Waals surface area contributed by atoms with Crippen molar-refractivity contribution in [1.29, 1.82) is 0 Å². The first-order valence-electron chi connectivity index (χ1n) is 6.70. The summed E-state index contributed by atoms with van der Waals surface area (Å²) < 4.78 is 9.83. The van der Waals surface area contributed by atoms with Gasteiger partial charge in [0, 0.05) is 19.9 Å². The summed E-state index contributed by atoms with van der Waals surface area (Å²) in [6, 6.07) is 2.29. The van der Waals surface area contributed by atoms with Crippen LogP contribution in [0.2, 0.25) is 0 Å². The Morgan fingerprint density at radius 2 is 2.24 bits per heavy atom. The second-order valence-electron chi connectivity index (χ2n) is 4.29. The first-order chi connectivity index (χ1) is 10.1. The number of carboxylic acids is 1. The van der Waals surface area contributed by atoms with Gasteiger partial charge in [0.05, 0.1) is 6.61 Å². The van der Waals surface area contributed by atoms with Gasteiger partial charge >= 0.3 is 11.9 Å². The number of nitrogens with zero attached hydrogens (tertiary/aromatic N) is 1. The number of carbonyl (C=O) groups excluding carboxylic acids is 1. The van der Waals surface area contributed by atoms with Crippen LogP contribution in [-0.4, -0.2) is 48.4 Å². The zero-order valence-electron chi connectivity index (χ0n) is 12.2. The van der Waals surface area contributed by atoms with E-state index < -0.39 is 18.0 Å². The Labute approximate surface area is 123 Å². The Kier molecular flexibility index (Phi) is 7.17. The number of pyridine rings is 1. The SMILES string of the molecule is CCOC(=O)c1cccnc1NC(CCCOC)C(=O)O. The van der Waals surface area contributed by atoms with Crippen LogP contribution in [0.3, 0.4) is 0 Å². The predicted molar refractivity (Wildman–Crippen MR) is 76.4 cm³/mol. The summed E-state index contributed by atoms with van der Waals surface area (Å²) in [4.78, 5) is 27.1. The smallest absolute Gasteiger partial charge is 0.341 e. The molecule has 7 nitrogen and oxygen atoms in total. The number of ether oxygens (including phenoxy) is 2. The Balaban J connectivity index is 2.83. The van der Waals surface area contributed by atoms with E-state index in [-0.39, 0.29) is 18.0 Å². The topological polar surface area (TPSA) is 97.8 Å². The van der Waals surface area contributed by atoms with Crippen molar-refractivity contribution in [2.75, 3.05) is 25.6 Å². The van der Waals surface area contributed by atoms with Gasteiger partial charge in [0.25, 0.3) is 0 Å². The van der Waals surface area contributed by atoms with Crippen LogP contribution < -0.4 is 5.32 Å². The van der Waals surface area contributed by atoms with Crippen molar-refractivity contribution in [3.8, 4) is 0 Å². The Morgan fingerprint density at radius 3 is 2.86 bits per heavy atom. The average molecular weight is 296 g/mol. The van der Waals surface area contributed by atoms with Crippen LogP contribution >= 0.6 is 0 Å². The first-order valence-corrected chi connectivity index (χ1v) is 6.70. The number of carbonyl (C=O) groups is 2. The summed E-state index contributed by atoms with van der Waals surface area (Å²) >= 11 is 0. The zero-order chi connectivity index (χ0) is 15.7. The van der Waals surface area contributed by atoms with Gasteiger partial charge < -0.3 is 19.9 Å². The minimum atomic E-state index is -1.01. The lowest BCUT2D eigenvalue weighted by atomic mass is 10.1. The molecule has 0 aliphatic carbocycles. The van der Waals surface area contributed by atoms with Gasteiger partial charge in [-0.2, -0.15) is 0 Å². The van der Waals surface area contributed by atoms with E-state index in [4.69, 9.17) is 9.47 Å². The minimum Gasteiger partial charge on any atom is -0.480 e. The third-order valence-corrected chi connectivity index (χ3v) is 2.75. The van der Waals surface area contributed by atoms with E-state index in [1.165, 1.54) is 6.20 Å². The average Bonchev–Trinajstić information content (AvgIpc) is 2.47. The molecule has 2 N–H and O–H groups in total. The lowest BCUT2D eigenvalue weighted by molar-refractivity contribution is -0.138. The highest BCUT2D eigenvalue weighted by atomic mass is 16.5. The number of aromatic nitrogens is 1. The molecule has 1 atom stereocenters. The third-order valence-electron chi connectivity index (χ3n) is 2.75. The number of rotatable bonds is 9. The summed E-state index contributed by atoms with van der Waals surface area (Å²) in [6.45, 7) is 2.41. The Hall–Kier alpha value is -2.15. The predicted octanol–water partition coefficient (Wildman–Crippen LogP) is 1.55. The number of anilines is 1. The maximum atomic E-state index is 11.8. The van der Waals surface area contributed by atoms with Crippen molar-refractivity contribution < 1.29 is 24.2 Å². The zero-order valence-corrected chi connectivity index (χ0v) is 12.2. The monoisotopic (exact) mass is 296 g/mol. The van der Waals surface area contributed by atoms with Gasteiger partial charge in [0.15, 0.2) is 0 Å². The van der Waals surface area contributed by atoms with E-state index in [1.54, 1.807) is 26.2 Å². The second-order valence-corrected chi connectivity index (χ2v) is 4.29. The van der Waals surface area contributed by atoms with Gasteiger partial charge in [0.2, 0.25) is 0 Å². The molecule has 7 heteroatoms. The quantitative estimate of drug-likeness (QED) is 0.527. The number of aliphatic carboxylic acids is 1. The maximum Gasteiger partial charge on any atom is 0.341 e. The lowest BCUT2D eigenvalue weighted by Gasteiger charge is -2.16. The van der Waals surface area contributed by atoms with Gasteiger partial charge in [-0.3, -0.25) is 0 Å². The van der Waals surface area contributed by atoms with Crippen LogP contribution in [0.25, 0.3) is 0 Å². The highest BCUT2D eigenvalue weighted by molar-refractivity contribution is 5.95. The van der Waals surface area contributed by atoms with Crippen LogP contribution in [-0.2, 0) is 14.3 Å². The molecule has 0 aliphatic heterocycles. The summed E-state index contributed by atoms with van der Waals surface area (Å²) in [5, 5.41) is 12.0. The van der Waals surface area contributed by atoms with Crippen LogP contribution in [0.1, 0.15) is 30.1 Å².